The summed E-state index contributed by atoms with van der Waals surface area (Å²) in [7, 11) is 0. The summed E-state index contributed by atoms with van der Waals surface area (Å²) in [6, 6.07) is 14.2. The van der Waals surface area contributed by atoms with Crippen molar-refractivity contribution < 1.29 is 0 Å². The highest BCUT2D eigenvalue weighted by Gasteiger charge is 2.41. The predicted molar refractivity (Wildman–Crippen MR) is 168 cm³/mol. The molecule has 1 N–H and O–H groups in total. The Morgan fingerprint density at radius 2 is 1.45 bits per heavy atom. The van der Waals surface area contributed by atoms with Crippen LogP contribution in [0.5, 0.6) is 0 Å². The number of hydrogen-bond donors (Lipinski definition) is 1. The Hall–Kier alpha value is -1.76. The van der Waals surface area contributed by atoms with Crippen molar-refractivity contribution in [1.82, 2.24) is 0 Å². The van der Waals surface area contributed by atoms with E-state index in [0.717, 1.165) is 18.4 Å². The molecule has 0 aliphatic heterocycles. The highest BCUT2D eigenvalue weighted by atomic mass is 14.9. The van der Waals surface area contributed by atoms with Crippen molar-refractivity contribution in [2.75, 3.05) is 11.9 Å². The molecule has 2 aromatic carbocycles. The van der Waals surface area contributed by atoms with Gasteiger partial charge in [-0.1, -0.05) is 90.0 Å². The van der Waals surface area contributed by atoms with Gasteiger partial charge in [-0.05, 0) is 128 Å². The maximum Gasteiger partial charge on any atom is 0.0370 e. The van der Waals surface area contributed by atoms with Crippen molar-refractivity contribution in [2.45, 2.75) is 137 Å². The summed E-state index contributed by atoms with van der Waals surface area (Å²) in [4.78, 5) is 0. The first-order chi connectivity index (χ1) is 18.5. The predicted octanol–water partition coefficient (Wildman–Crippen LogP) is 11.6. The summed E-state index contributed by atoms with van der Waals surface area (Å²) in [5, 5.41) is 3.60. The highest BCUT2D eigenvalue weighted by molar-refractivity contribution is 5.69. The van der Waals surface area contributed by atoms with E-state index in [2.05, 4.69) is 76.3 Å². The van der Waals surface area contributed by atoms with Gasteiger partial charge in [0.15, 0.2) is 0 Å². The number of anilines is 1. The summed E-state index contributed by atoms with van der Waals surface area (Å²) in [5.41, 5.74) is 9.07. The zero-order chi connectivity index (χ0) is 27.0. The fourth-order valence-corrected chi connectivity index (χ4v) is 8.14. The number of hydrogen-bond acceptors (Lipinski definition) is 1. The van der Waals surface area contributed by atoms with Gasteiger partial charge < -0.3 is 5.32 Å². The lowest BCUT2D eigenvalue weighted by molar-refractivity contribution is 0.0409. The van der Waals surface area contributed by atoms with Crippen LogP contribution in [0.3, 0.4) is 0 Å². The van der Waals surface area contributed by atoms with Gasteiger partial charge in [-0.25, -0.2) is 0 Å². The molecule has 0 radical (unpaired) electrons. The Balaban J connectivity index is 1.38. The van der Waals surface area contributed by atoms with Crippen molar-refractivity contribution in [1.29, 1.82) is 0 Å². The Morgan fingerprint density at radius 1 is 0.789 bits per heavy atom. The van der Waals surface area contributed by atoms with Crippen molar-refractivity contribution >= 4 is 5.69 Å². The first-order valence-corrected chi connectivity index (χ1v) is 16.4. The molecular formula is C37H57N. The zero-order valence-corrected chi connectivity index (χ0v) is 25.5. The standard InChI is InChI=1S/C37H57N/c1-6-8-11-22-37(23-12-10-13-24-37)34-18-14-31(15-19-34)30(5)35-20-16-32(26-28(35)3)33-17-21-36(29(4)27-33)38-25-9-7-2/h16-17,20-21,26-27,30-31,34,38H,6-15,18-19,22-25H2,1-5H3. The molecule has 2 aromatic rings. The average Bonchev–Trinajstić information content (AvgIpc) is 2.94. The van der Waals surface area contributed by atoms with Gasteiger partial charge in [-0.2, -0.15) is 0 Å². The summed E-state index contributed by atoms with van der Waals surface area (Å²) >= 11 is 0. The molecule has 4 rings (SSSR count). The summed E-state index contributed by atoms with van der Waals surface area (Å²) in [6.07, 6.45) is 21.6. The van der Waals surface area contributed by atoms with Gasteiger partial charge >= 0.3 is 0 Å². The van der Waals surface area contributed by atoms with Gasteiger partial charge in [-0.15, -0.1) is 0 Å². The van der Waals surface area contributed by atoms with E-state index in [4.69, 9.17) is 0 Å². The number of benzene rings is 2. The highest BCUT2D eigenvalue weighted by Crippen LogP contribution is 2.53. The molecule has 0 spiro atoms. The molecular weight excluding hydrogens is 458 g/mol. The van der Waals surface area contributed by atoms with Gasteiger partial charge in [0.25, 0.3) is 0 Å². The van der Waals surface area contributed by atoms with E-state index in [1.165, 1.54) is 124 Å². The van der Waals surface area contributed by atoms with Crippen molar-refractivity contribution in [3.8, 4) is 11.1 Å². The second-order valence-corrected chi connectivity index (χ2v) is 13.2. The van der Waals surface area contributed by atoms with Crippen LogP contribution >= 0.6 is 0 Å². The molecule has 0 heterocycles. The normalized spacial score (nSPS) is 22.2. The van der Waals surface area contributed by atoms with E-state index >= 15 is 0 Å². The first-order valence-electron chi connectivity index (χ1n) is 16.4. The van der Waals surface area contributed by atoms with E-state index in [9.17, 15) is 0 Å². The maximum atomic E-state index is 3.60. The van der Waals surface area contributed by atoms with Crippen molar-refractivity contribution in [3.63, 3.8) is 0 Å². The van der Waals surface area contributed by atoms with E-state index in [0.29, 0.717) is 11.3 Å². The Bertz CT molecular complexity index is 990. The van der Waals surface area contributed by atoms with Crippen LogP contribution in [0.1, 0.15) is 140 Å². The molecule has 1 atom stereocenters. The van der Waals surface area contributed by atoms with Crippen LogP contribution in [0.25, 0.3) is 11.1 Å². The van der Waals surface area contributed by atoms with E-state index < -0.39 is 0 Å². The molecule has 2 fully saturated rings. The lowest BCUT2D eigenvalue weighted by atomic mass is 9.58. The summed E-state index contributed by atoms with van der Waals surface area (Å²) in [5.74, 6) is 2.51. The summed E-state index contributed by atoms with van der Waals surface area (Å²) in [6.45, 7) is 12.8. The molecule has 1 heteroatoms. The van der Waals surface area contributed by atoms with Crippen LogP contribution in [-0.2, 0) is 0 Å². The Kier molecular flexibility index (Phi) is 10.8. The van der Waals surface area contributed by atoms with Gasteiger partial charge in [0, 0.05) is 12.2 Å². The van der Waals surface area contributed by atoms with Crippen LogP contribution in [0, 0.1) is 31.1 Å². The molecule has 210 valence electrons. The molecule has 0 saturated heterocycles. The minimum Gasteiger partial charge on any atom is -0.385 e. The smallest absolute Gasteiger partial charge is 0.0370 e. The van der Waals surface area contributed by atoms with E-state index in [1.54, 1.807) is 5.56 Å². The molecule has 0 aromatic heterocycles. The van der Waals surface area contributed by atoms with Crippen LogP contribution < -0.4 is 5.32 Å². The molecule has 2 saturated carbocycles. The number of nitrogens with one attached hydrogen (secondary N) is 1. The lowest BCUT2D eigenvalue weighted by Gasteiger charge is -2.47. The third-order valence-electron chi connectivity index (χ3n) is 10.6. The number of rotatable bonds is 12. The largest absolute Gasteiger partial charge is 0.385 e. The monoisotopic (exact) mass is 515 g/mol. The van der Waals surface area contributed by atoms with Crippen LogP contribution in [0.4, 0.5) is 5.69 Å². The molecule has 0 amide bonds. The maximum absolute atomic E-state index is 3.60. The minimum atomic E-state index is 0.666. The molecule has 2 aliphatic carbocycles. The van der Waals surface area contributed by atoms with E-state index in [1.807, 2.05) is 0 Å². The molecule has 2 aliphatic rings. The zero-order valence-electron chi connectivity index (χ0n) is 25.5. The Labute approximate surface area is 235 Å². The third kappa shape index (κ3) is 7.05. The molecule has 38 heavy (non-hydrogen) atoms. The second kappa shape index (κ2) is 14.0. The molecule has 1 unspecified atom stereocenters. The molecule has 0 bridgehead atoms. The van der Waals surface area contributed by atoms with Crippen LogP contribution in [0.15, 0.2) is 36.4 Å². The number of unbranched alkanes of at least 4 members (excludes halogenated alkanes) is 3. The van der Waals surface area contributed by atoms with Gasteiger partial charge in [-0.3, -0.25) is 0 Å². The van der Waals surface area contributed by atoms with E-state index in [-0.39, 0.29) is 0 Å². The quantitative estimate of drug-likeness (QED) is 0.277. The topological polar surface area (TPSA) is 12.0 Å². The SMILES string of the molecule is CCCCCC1(C2CCC(C(C)c3ccc(-c4ccc(NCCCC)c(C)c4)cc3C)CC2)CCCCC1. The Morgan fingerprint density at radius 3 is 2.08 bits per heavy atom. The van der Waals surface area contributed by atoms with Gasteiger partial charge in [0.2, 0.25) is 0 Å². The lowest BCUT2D eigenvalue weighted by Crippen LogP contribution is -2.36. The van der Waals surface area contributed by atoms with Crippen molar-refractivity contribution in [3.05, 3.63) is 53.1 Å². The fraction of sp³-hybridized carbons (Fsp3) is 0.676. The second-order valence-electron chi connectivity index (χ2n) is 13.2. The van der Waals surface area contributed by atoms with Gasteiger partial charge in [0.1, 0.15) is 0 Å². The van der Waals surface area contributed by atoms with Gasteiger partial charge in [0.05, 0.1) is 0 Å². The fourth-order valence-electron chi connectivity index (χ4n) is 8.14. The average molecular weight is 516 g/mol. The summed E-state index contributed by atoms with van der Waals surface area (Å²) < 4.78 is 0. The van der Waals surface area contributed by atoms with Crippen molar-refractivity contribution in [2.24, 2.45) is 17.3 Å². The van der Waals surface area contributed by atoms with Crippen LogP contribution in [-0.4, -0.2) is 6.54 Å². The number of aryl methyl sites for hydroxylation is 2. The minimum absolute atomic E-state index is 0.666. The third-order valence-corrected chi connectivity index (χ3v) is 10.6. The molecule has 1 nitrogen and oxygen atoms in total. The van der Waals surface area contributed by atoms with Crippen LogP contribution in [0.2, 0.25) is 0 Å². The first kappa shape index (κ1) is 29.2.